The van der Waals surface area contributed by atoms with E-state index in [0.717, 1.165) is 51.4 Å². The Labute approximate surface area is 145 Å². The summed E-state index contributed by atoms with van der Waals surface area (Å²) in [4.78, 5) is 0. The number of fused-ring (bicyclic) bond motifs is 1. The lowest BCUT2D eigenvalue weighted by Gasteiger charge is -2.48. The molecule has 0 aromatic carbocycles. The highest BCUT2D eigenvalue weighted by Crippen LogP contribution is 2.50. The molecule has 5 atom stereocenters. The lowest BCUT2D eigenvalue weighted by atomic mass is 9.75. The van der Waals surface area contributed by atoms with E-state index in [2.05, 4.69) is 0 Å². The zero-order valence-electron chi connectivity index (χ0n) is 14.9. The highest BCUT2D eigenvalue weighted by Gasteiger charge is 2.58. The van der Waals surface area contributed by atoms with E-state index in [0.29, 0.717) is 0 Å². The smallest absolute Gasteiger partial charge is 0.169 e. The van der Waals surface area contributed by atoms with Crippen LogP contribution in [-0.2, 0) is 18.9 Å². The van der Waals surface area contributed by atoms with Crippen LogP contribution in [0.5, 0.6) is 0 Å². The van der Waals surface area contributed by atoms with Gasteiger partial charge in [0.15, 0.2) is 5.79 Å². The Morgan fingerprint density at radius 3 is 2.58 bits per heavy atom. The minimum absolute atomic E-state index is 0.0397. The van der Waals surface area contributed by atoms with E-state index in [-0.39, 0.29) is 42.4 Å². The summed E-state index contributed by atoms with van der Waals surface area (Å²) in [5, 5.41) is 9.27. The van der Waals surface area contributed by atoms with Crippen LogP contribution in [0.3, 0.4) is 0 Å². The van der Waals surface area contributed by atoms with Gasteiger partial charge in [0.2, 0.25) is 0 Å². The zero-order chi connectivity index (χ0) is 16.6. The lowest BCUT2D eigenvalue weighted by Crippen LogP contribution is -2.55. The van der Waals surface area contributed by atoms with Gasteiger partial charge in [0.25, 0.3) is 0 Å². The summed E-state index contributed by atoms with van der Waals surface area (Å²) in [5.41, 5.74) is -0.163. The normalized spacial score (nSPS) is 44.8. The molecule has 1 N–H and O–H groups in total. The van der Waals surface area contributed by atoms with Crippen LogP contribution in [0.4, 0.5) is 0 Å². The minimum Gasteiger partial charge on any atom is -0.396 e. The molecular formula is C19H32O5. The third-order valence-electron chi connectivity index (χ3n) is 6.54. The molecule has 4 aliphatic rings. The Hall–Kier alpha value is -0.200. The number of aliphatic hydroxyl groups excluding tert-OH is 1. The molecule has 2 heterocycles. The Balaban J connectivity index is 1.50. The average Bonchev–Trinajstić information content (AvgIpc) is 2.92. The maximum Gasteiger partial charge on any atom is 0.169 e. The maximum atomic E-state index is 9.27. The van der Waals surface area contributed by atoms with Crippen molar-refractivity contribution < 1.29 is 24.1 Å². The van der Waals surface area contributed by atoms with Crippen LogP contribution in [0.2, 0.25) is 0 Å². The van der Waals surface area contributed by atoms with Crippen molar-refractivity contribution in [3.8, 4) is 0 Å². The topological polar surface area (TPSA) is 57.2 Å². The maximum absolute atomic E-state index is 9.27. The van der Waals surface area contributed by atoms with E-state index in [9.17, 15) is 5.11 Å². The molecule has 0 radical (unpaired) electrons. The van der Waals surface area contributed by atoms with Gasteiger partial charge in [-0.15, -0.1) is 0 Å². The Morgan fingerprint density at radius 2 is 1.83 bits per heavy atom. The number of aliphatic hydroxyl groups is 1. The van der Waals surface area contributed by atoms with Crippen LogP contribution in [0.15, 0.2) is 0 Å². The molecule has 2 aliphatic heterocycles. The van der Waals surface area contributed by atoms with Crippen molar-refractivity contribution in [3.63, 3.8) is 0 Å². The molecule has 2 spiro atoms. The molecule has 4 fully saturated rings. The summed E-state index contributed by atoms with van der Waals surface area (Å²) in [6.07, 6.45) is 11.8. The van der Waals surface area contributed by atoms with Crippen LogP contribution < -0.4 is 0 Å². The first-order valence-electron chi connectivity index (χ1n) is 9.85. The van der Waals surface area contributed by atoms with Gasteiger partial charge in [-0.25, -0.2) is 0 Å². The largest absolute Gasteiger partial charge is 0.396 e. The summed E-state index contributed by atoms with van der Waals surface area (Å²) in [5.74, 6) is -0.366. The van der Waals surface area contributed by atoms with Gasteiger partial charge in [-0.2, -0.15) is 0 Å². The molecule has 138 valence electrons. The number of ether oxygens (including phenoxy) is 4. The minimum atomic E-state index is -0.366. The summed E-state index contributed by atoms with van der Waals surface area (Å²) < 4.78 is 25.3. The summed E-state index contributed by atoms with van der Waals surface area (Å²) >= 11 is 0. The van der Waals surface area contributed by atoms with Crippen molar-refractivity contribution in [3.05, 3.63) is 0 Å². The van der Waals surface area contributed by atoms with E-state index in [1.165, 1.54) is 19.3 Å². The number of rotatable bonds is 3. The standard InChI is InChI=1S/C19H32O5/c1-21-15-12-18(8-5-6-14(22-18)7-11-20)13-16-17(15)24-19(23-16)9-3-2-4-10-19/h14-17,20H,2-13H2,1H3/t14?,15-,16-,17+,18?/m1/s1. The van der Waals surface area contributed by atoms with Gasteiger partial charge in [-0.1, -0.05) is 6.42 Å². The van der Waals surface area contributed by atoms with Crippen molar-refractivity contribution in [2.75, 3.05) is 13.7 Å². The molecule has 2 saturated carbocycles. The van der Waals surface area contributed by atoms with Crippen molar-refractivity contribution in [2.24, 2.45) is 0 Å². The Morgan fingerprint density at radius 1 is 1.00 bits per heavy atom. The van der Waals surface area contributed by atoms with Crippen LogP contribution in [0, 0.1) is 0 Å². The quantitative estimate of drug-likeness (QED) is 0.856. The predicted octanol–water partition coefficient (Wildman–Crippen LogP) is 2.93. The monoisotopic (exact) mass is 340 g/mol. The second-order valence-electron chi connectivity index (χ2n) is 8.22. The molecule has 0 bridgehead atoms. The van der Waals surface area contributed by atoms with Crippen molar-refractivity contribution >= 4 is 0 Å². The molecule has 0 amide bonds. The molecule has 2 saturated heterocycles. The fraction of sp³-hybridized carbons (Fsp3) is 1.00. The van der Waals surface area contributed by atoms with Crippen LogP contribution in [0.1, 0.15) is 70.6 Å². The van der Waals surface area contributed by atoms with E-state index < -0.39 is 0 Å². The van der Waals surface area contributed by atoms with E-state index in [1.54, 1.807) is 7.11 Å². The molecule has 0 aromatic heterocycles. The molecule has 2 unspecified atom stereocenters. The molecule has 4 rings (SSSR count). The first-order valence-corrected chi connectivity index (χ1v) is 9.85. The summed E-state index contributed by atoms with van der Waals surface area (Å²) in [6, 6.07) is 0. The van der Waals surface area contributed by atoms with Crippen LogP contribution in [0.25, 0.3) is 0 Å². The number of methoxy groups -OCH3 is 1. The van der Waals surface area contributed by atoms with Crippen molar-refractivity contribution in [1.29, 1.82) is 0 Å². The van der Waals surface area contributed by atoms with Gasteiger partial charge in [0.1, 0.15) is 6.10 Å². The summed E-state index contributed by atoms with van der Waals surface area (Å²) in [7, 11) is 1.78. The van der Waals surface area contributed by atoms with Crippen molar-refractivity contribution in [2.45, 2.75) is 106 Å². The second-order valence-corrected chi connectivity index (χ2v) is 8.22. The van der Waals surface area contributed by atoms with Crippen LogP contribution in [-0.4, -0.2) is 54.6 Å². The van der Waals surface area contributed by atoms with Gasteiger partial charge in [-0.05, 0) is 38.5 Å². The second kappa shape index (κ2) is 6.84. The van der Waals surface area contributed by atoms with E-state index in [1.807, 2.05) is 0 Å². The Bertz CT molecular complexity index is 433. The third kappa shape index (κ3) is 3.14. The average molecular weight is 340 g/mol. The van der Waals surface area contributed by atoms with E-state index in [4.69, 9.17) is 18.9 Å². The van der Waals surface area contributed by atoms with Gasteiger partial charge in [0.05, 0.1) is 23.9 Å². The number of hydrogen-bond donors (Lipinski definition) is 1. The van der Waals surface area contributed by atoms with Crippen molar-refractivity contribution in [1.82, 2.24) is 0 Å². The fourth-order valence-corrected chi connectivity index (χ4v) is 5.42. The highest BCUT2D eigenvalue weighted by atomic mass is 16.8. The molecule has 5 nitrogen and oxygen atoms in total. The third-order valence-corrected chi connectivity index (χ3v) is 6.54. The first kappa shape index (κ1) is 17.2. The van der Waals surface area contributed by atoms with Gasteiger partial charge in [0, 0.05) is 39.4 Å². The highest BCUT2D eigenvalue weighted by molar-refractivity contribution is 5.04. The molecule has 24 heavy (non-hydrogen) atoms. The summed E-state index contributed by atoms with van der Waals surface area (Å²) in [6.45, 7) is 0.198. The lowest BCUT2D eigenvalue weighted by molar-refractivity contribution is -0.200. The molecule has 5 heteroatoms. The number of hydrogen-bond acceptors (Lipinski definition) is 5. The SMILES string of the molecule is CO[C@@H]1CC2(CCCC(CCO)O2)C[C@H]2OC3(CCCCC3)O[C@@H]12. The van der Waals surface area contributed by atoms with Crippen LogP contribution >= 0.6 is 0 Å². The molecule has 2 aliphatic carbocycles. The fourth-order valence-electron chi connectivity index (χ4n) is 5.42. The van der Waals surface area contributed by atoms with Gasteiger partial charge >= 0.3 is 0 Å². The first-order chi connectivity index (χ1) is 11.7. The van der Waals surface area contributed by atoms with Gasteiger partial charge < -0.3 is 24.1 Å². The predicted molar refractivity (Wildman–Crippen MR) is 88.8 cm³/mol. The van der Waals surface area contributed by atoms with Gasteiger partial charge in [-0.3, -0.25) is 0 Å². The molecular weight excluding hydrogens is 308 g/mol. The zero-order valence-corrected chi connectivity index (χ0v) is 14.9. The van der Waals surface area contributed by atoms with E-state index >= 15 is 0 Å². The molecule has 0 aromatic rings. The Kier molecular flexibility index (Phi) is 4.91.